The Morgan fingerprint density at radius 1 is 0.905 bits per heavy atom. The summed E-state index contributed by atoms with van der Waals surface area (Å²) in [5.41, 5.74) is 3.42. The third-order valence-electron chi connectivity index (χ3n) is 7.07. The summed E-state index contributed by atoms with van der Waals surface area (Å²) in [6.45, 7) is 1.55. The van der Waals surface area contributed by atoms with Gasteiger partial charge in [0, 0.05) is 17.3 Å². The van der Waals surface area contributed by atoms with Gasteiger partial charge >= 0.3 is 0 Å². The molecular weight excluding hydrogens is 554 g/mol. The summed E-state index contributed by atoms with van der Waals surface area (Å²) in [7, 11) is 1.55. The molecule has 42 heavy (non-hydrogen) atoms. The molecule has 0 fully saturated rings. The van der Waals surface area contributed by atoms with Gasteiger partial charge in [0.2, 0.25) is 5.91 Å². The summed E-state index contributed by atoms with van der Waals surface area (Å²) < 4.78 is 5.22. The molecule has 1 N–H and O–H groups in total. The number of para-hydroxylation sites is 1. The monoisotopic (exact) mass is 581 g/mol. The highest BCUT2D eigenvalue weighted by Crippen LogP contribution is 2.31. The lowest BCUT2D eigenvalue weighted by Crippen LogP contribution is -2.46. The molecule has 212 valence electrons. The second kappa shape index (κ2) is 12.3. The number of nitrogens with zero attached hydrogens (tertiary/aromatic N) is 2. The number of rotatable bonds is 9. The molecule has 8 nitrogen and oxygen atoms in total. The Morgan fingerprint density at radius 3 is 2.24 bits per heavy atom. The van der Waals surface area contributed by atoms with Crippen molar-refractivity contribution in [2.24, 2.45) is 0 Å². The number of carbonyl (C=O) groups is 4. The number of ketones is 1. The van der Waals surface area contributed by atoms with Crippen LogP contribution in [-0.4, -0.2) is 42.1 Å². The van der Waals surface area contributed by atoms with Crippen LogP contribution in [0, 0.1) is 6.92 Å². The molecule has 0 aliphatic carbocycles. The number of amides is 3. The molecule has 1 aliphatic heterocycles. The summed E-state index contributed by atoms with van der Waals surface area (Å²) in [6.07, 6.45) is 0. The number of carbonyl (C=O) groups excluding carboxylic acids is 4. The van der Waals surface area contributed by atoms with Crippen molar-refractivity contribution in [3.05, 3.63) is 124 Å². The summed E-state index contributed by atoms with van der Waals surface area (Å²) in [5, 5.41) is 3.45. The highest BCUT2D eigenvalue weighted by Gasteiger charge is 2.39. The molecule has 1 atom stereocenters. The summed E-state index contributed by atoms with van der Waals surface area (Å²) in [4.78, 5) is 56.3. The Kier molecular flexibility index (Phi) is 8.36. The van der Waals surface area contributed by atoms with E-state index in [1.165, 1.54) is 9.80 Å². The van der Waals surface area contributed by atoms with E-state index < -0.39 is 36.1 Å². The lowest BCUT2D eigenvalue weighted by atomic mass is 10.0. The second-order valence-electron chi connectivity index (χ2n) is 9.92. The van der Waals surface area contributed by atoms with Gasteiger partial charge in [-0.2, -0.15) is 0 Å². The van der Waals surface area contributed by atoms with Crippen molar-refractivity contribution >= 4 is 46.5 Å². The molecule has 4 aromatic carbocycles. The zero-order chi connectivity index (χ0) is 29.8. The van der Waals surface area contributed by atoms with Gasteiger partial charge in [0.1, 0.15) is 18.3 Å². The summed E-state index contributed by atoms with van der Waals surface area (Å²) in [6, 6.07) is 26.6. The van der Waals surface area contributed by atoms with Gasteiger partial charge in [-0.05, 0) is 66.6 Å². The number of nitrogens with one attached hydrogen (secondary N) is 1. The van der Waals surface area contributed by atoms with Crippen LogP contribution in [0.4, 0.5) is 11.4 Å². The van der Waals surface area contributed by atoms with Gasteiger partial charge in [-0.15, -0.1) is 0 Å². The van der Waals surface area contributed by atoms with Crippen LogP contribution >= 0.6 is 11.6 Å². The Hall–Kier alpha value is -4.95. The SMILES string of the molecule is COc1ccc(NC(=O)C(c2ccc(C)cc2)N(Cc2ccc(Cl)cc2)C(=O)CN2C(=O)C(=O)c3ccccc32)cc1. The number of anilines is 2. The van der Waals surface area contributed by atoms with Gasteiger partial charge in [-0.1, -0.05) is 65.7 Å². The number of methoxy groups -OCH3 is 1. The van der Waals surface area contributed by atoms with Crippen LogP contribution in [0.2, 0.25) is 5.02 Å². The molecule has 9 heteroatoms. The van der Waals surface area contributed by atoms with E-state index in [4.69, 9.17) is 16.3 Å². The highest BCUT2D eigenvalue weighted by molar-refractivity contribution is 6.52. The smallest absolute Gasteiger partial charge is 0.299 e. The molecule has 0 radical (unpaired) electrons. The molecule has 0 aromatic heterocycles. The first-order chi connectivity index (χ1) is 20.2. The molecule has 1 unspecified atom stereocenters. The topological polar surface area (TPSA) is 96.0 Å². The van der Waals surface area contributed by atoms with Crippen LogP contribution in [0.25, 0.3) is 0 Å². The van der Waals surface area contributed by atoms with Gasteiger partial charge < -0.3 is 15.0 Å². The van der Waals surface area contributed by atoms with Gasteiger partial charge in [0.25, 0.3) is 17.6 Å². The molecule has 1 aliphatic rings. The van der Waals surface area contributed by atoms with Crippen LogP contribution in [-0.2, 0) is 20.9 Å². The average molecular weight is 582 g/mol. The van der Waals surface area contributed by atoms with E-state index in [-0.39, 0.29) is 12.1 Å². The Bertz CT molecular complexity index is 1640. The number of halogens is 1. The molecule has 0 bridgehead atoms. The fourth-order valence-corrected chi connectivity index (χ4v) is 4.97. The van der Waals surface area contributed by atoms with Crippen molar-refractivity contribution < 1.29 is 23.9 Å². The van der Waals surface area contributed by atoms with Crippen molar-refractivity contribution in [3.8, 4) is 5.75 Å². The normalized spacial score (nSPS) is 13.0. The number of fused-ring (bicyclic) bond motifs is 1. The minimum atomic E-state index is -1.07. The van der Waals surface area contributed by atoms with Crippen LogP contribution < -0.4 is 15.0 Å². The molecule has 0 saturated carbocycles. The zero-order valence-corrected chi connectivity index (χ0v) is 23.8. The Labute approximate surface area is 248 Å². The van der Waals surface area contributed by atoms with E-state index in [9.17, 15) is 19.2 Å². The minimum absolute atomic E-state index is 0.0439. The van der Waals surface area contributed by atoms with Crippen molar-refractivity contribution in [2.45, 2.75) is 19.5 Å². The van der Waals surface area contributed by atoms with Crippen molar-refractivity contribution in [2.75, 3.05) is 23.9 Å². The maximum Gasteiger partial charge on any atom is 0.299 e. The molecule has 4 aromatic rings. The van der Waals surface area contributed by atoms with E-state index in [2.05, 4.69) is 5.32 Å². The standard InChI is InChI=1S/C33H28ClN3O5/c1-21-7-11-23(12-8-21)30(32(40)35-25-15-17-26(42-2)18-16-25)37(19-22-9-13-24(34)14-10-22)29(38)20-36-28-6-4-3-5-27(28)31(39)33(36)41/h3-18,30H,19-20H2,1-2H3,(H,35,40). The average Bonchev–Trinajstić information content (AvgIpc) is 3.24. The first-order valence-corrected chi connectivity index (χ1v) is 13.6. The molecule has 3 amide bonds. The predicted molar refractivity (Wildman–Crippen MR) is 161 cm³/mol. The van der Waals surface area contributed by atoms with Crippen LogP contribution in [0.5, 0.6) is 5.75 Å². The van der Waals surface area contributed by atoms with E-state index in [1.54, 1.807) is 92.0 Å². The van der Waals surface area contributed by atoms with Gasteiger partial charge in [0.15, 0.2) is 0 Å². The summed E-state index contributed by atoms with van der Waals surface area (Å²) >= 11 is 6.11. The van der Waals surface area contributed by atoms with E-state index in [0.717, 1.165) is 11.1 Å². The van der Waals surface area contributed by atoms with Gasteiger partial charge in [0.05, 0.1) is 18.4 Å². The minimum Gasteiger partial charge on any atom is -0.497 e. The number of benzene rings is 4. The maximum atomic E-state index is 14.2. The van der Waals surface area contributed by atoms with Crippen molar-refractivity contribution in [1.29, 1.82) is 0 Å². The van der Waals surface area contributed by atoms with E-state index in [1.807, 2.05) is 19.1 Å². The number of aryl methyl sites for hydroxylation is 1. The van der Waals surface area contributed by atoms with Crippen LogP contribution in [0.3, 0.4) is 0 Å². The third-order valence-corrected chi connectivity index (χ3v) is 7.32. The molecule has 0 spiro atoms. The fraction of sp³-hybridized carbons (Fsp3) is 0.152. The Balaban J connectivity index is 1.54. The quantitative estimate of drug-likeness (QED) is 0.260. The molecular formula is C33H28ClN3O5. The number of ether oxygens (including phenoxy) is 1. The fourth-order valence-electron chi connectivity index (χ4n) is 4.85. The van der Waals surface area contributed by atoms with Gasteiger partial charge in [-0.3, -0.25) is 24.1 Å². The number of Topliss-reactive ketones (excluding diaryl/α,β-unsaturated/α-hetero) is 1. The maximum absolute atomic E-state index is 14.2. The van der Waals surface area contributed by atoms with Crippen molar-refractivity contribution in [3.63, 3.8) is 0 Å². The molecule has 1 heterocycles. The Morgan fingerprint density at radius 2 is 1.57 bits per heavy atom. The van der Waals surface area contributed by atoms with Crippen molar-refractivity contribution in [1.82, 2.24) is 4.90 Å². The van der Waals surface area contributed by atoms with E-state index >= 15 is 0 Å². The van der Waals surface area contributed by atoms with Crippen LogP contribution in [0.15, 0.2) is 97.1 Å². The first kappa shape index (κ1) is 28.6. The predicted octanol–water partition coefficient (Wildman–Crippen LogP) is 5.60. The number of hydrogen-bond donors (Lipinski definition) is 1. The summed E-state index contributed by atoms with van der Waals surface area (Å²) in [5.74, 6) is -1.79. The largest absolute Gasteiger partial charge is 0.497 e. The highest BCUT2D eigenvalue weighted by atomic mass is 35.5. The second-order valence-corrected chi connectivity index (χ2v) is 10.4. The lowest BCUT2D eigenvalue weighted by molar-refractivity contribution is -0.139. The lowest BCUT2D eigenvalue weighted by Gasteiger charge is -2.33. The van der Waals surface area contributed by atoms with Gasteiger partial charge in [-0.25, -0.2) is 0 Å². The first-order valence-electron chi connectivity index (χ1n) is 13.3. The number of hydrogen-bond acceptors (Lipinski definition) is 5. The zero-order valence-electron chi connectivity index (χ0n) is 23.0. The molecule has 5 rings (SSSR count). The van der Waals surface area contributed by atoms with E-state index in [0.29, 0.717) is 27.7 Å². The third kappa shape index (κ3) is 6.04. The van der Waals surface area contributed by atoms with Crippen LogP contribution in [0.1, 0.15) is 33.1 Å². The molecule has 0 saturated heterocycles.